The van der Waals surface area contributed by atoms with Gasteiger partial charge in [0.2, 0.25) is 0 Å². The van der Waals surface area contributed by atoms with Gasteiger partial charge in [0.1, 0.15) is 0 Å². The molecule has 3 nitrogen and oxygen atoms in total. The van der Waals surface area contributed by atoms with E-state index in [4.69, 9.17) is 0 Å². The molecule has 0 aromatic heterocycles. The number of fused-ring (bicyclic) bond motifs is 1. The molecule has 0 amide bonds. The number of hydrogen-bond donors (Lipinski definition) is 0. The predicted molar refractivity (Wildman–Crippen MR) is 67.1 cm³/mol. The molecule has 0 bridgehead atoms. The molecule has 92 valence electrons. The van der Waals surface area contributed by atoms with Crippen molar-refractivity contribution in [3.05, 3.63) is 34.9 Å². The van der Waals surface area contributed by atoms with Gasteiger partial charge in [0.05, 0.1) is 11.1 Å². The van der Waals surface area contributed by atoms with Crippen LogP contribution in [0.2, 0.25) is 0 Å². The molecule has 2 rings (SSSR count). The number of cyclic esters (lactones) is 2. The molecule has 0 N–H and O–H groups in total. The molecule has 1 aromatic rings. The Hall–Kier alpha value is -2.08. The van der Waals surface area contributed by atoms with Crippen molar-refractivity contribution in [1.82, 2.24) is 0 Å². The highest BCUT2D eigenvalue weighted by Gasteiger charge is 2.31. The minimum atomic E-state index is -0.594. The van der Waals surface area contributed by atoms with Crippen LogP contribution in [0, 0.1) is 17.8 Å². The first-order chi connectivity index (χ1) is 8.63. The SMILES string of the molecule is CCCC(C)C#Cc1cccc2c1C(=O)OC2=O. The van der Waals surface area contributed by atoms with Crippen molar-refractivity contribution < 1.29 is 14.3 Å². The highest BCUT2D eigenvalue weighted by atomic mass is 16.6. The number of ether oxygens (including phenoxy) is 1. The fourth-order valence-corrected chi connectivity index (χ4v) is 1.94. The molecule has 0 spiro atoms. The molecule has 1 aliphatic rings. The third-order valence-corrected chi connectivity index (χ3v) is 2.85. The van der Waals surface area contributed by atoms with E-state index in [0.717, 1.165) is 12.8 Å². The van der Waals surface area contributed by atoms with Crippen LogP contribution in [0.25, 0.3) is 0 Å². The molecular weight excluding hydrogens is 228 g/mol. The summed E-state index contributed by atoms with van der Waals surface area (Å²) >= 11 is 0. The van der Waals surface area contributed by atoms with Crippen molar-refractivity contribution in [3.8, 4) is 11.8 Å². The van der Waals surface area contributed by atoms with Crippen LogP contribution in [0.3, 0.4) is 0 Å². The highest BCUT2D eigenvalue weighted by molar-refractivity contribution is 6.15. The van der Waals surface area contributed by atoms with Crippen LogP contribution in [0.1, 0.15) is 53.0 Å². The summed E-state index contributed by atoms with van der Waals surface area (Å²) in [7, 11) is 0. The van der Waals surface area contributed by atoms with E-state index >= 15 is 0 Å². The van der Waals surface area contributed by atoms with Crippen molar-refractivity contribution >= 4 is 11.9 Å². The summed E-state index contributed by atoms with van der Waals surface area (Å²) in [5.74, 6) is 5.17. The number of esters is 2. The van der Waals surface area contributed by atoms with Gasteiger partial charge in [0.15, 0.2) is 0 Å². The molecule has 0 saturated carbocycles. The van der Waals surface area contributed by atoms with E-state index < -0.39 is 11.9 Å². The van der Waals surface area contributed by atoms with Crippen molar-refractivity contribution in [2.24, 2.45) is 5.92 Å². The second kappa shape index (κ2) is 5.05. The standard InChI is InChI=1S/C15H14O3/c1-3-5-10(2)8-9-11-6-4-7-12-13(11)15(17)18-14(12)16/h4,6-7,10H,3,5H2,1-2H3. The van der Waals surface area contributed by atoms with E-state index in [0.29, 0.717) is 16.7 Å². The first-order valence-electron chi connectivity index (χ1n) is 6.04. The van der Waals surface area contributed by atoms with E-state index in [1.54, 1.807) is 18.2 Å². The third kappa shape index (κ3) is 2.28. The number of benzene rings is 1. The number of rotatable bonds is 2. The Balaban J connectivity index is 2.36. The molecule has 1 aliphatic heterocycles. The maximum Gasteiger partial charge on any atom is 0.348 e. The number of carbonyl (C=O) groups is 2. The topological polar surface area (TPSA) is 43.4 Å². The first kappa shape index (κ1) is 12.4. The quantitative estimate of drug-likeness (QED) is 0.455. The van der Waals surface area contributed by atoms with Crippen molar-refractivity contribution in [2.75, 3.05) is 0 Å². The second-order valence-corrected chi connectivity index (χ2v) is 4.36. The summed E-state index contributed by atoms with van der Waals surface area (Å²) in [4.78, 5) is 22.9. The van der Waals surface area contributed by atoms with E-state index in [2.05, 4.69) is 23.5 Å². The first-order valence-corrected chi connectivity index (χ1v) is 6.04. The summed E-state index contributed by atoms with van der Waals surface area (Å²) < 4.78 is 4.58. The lowest BCUT2D eigenvalue weighted by atomic mass is 10.0. The largest absolute Gasteiger partial charge is 0.386 e. The second-order valence-electron chi connectivity index (χ2n) is 4.36. The van der Waals surface area contributed by atoms with Crippen LogP contribution >= 0.6 is 0 Å². The van der Waals surface area contributed by atoms with Crippen LogP contribution in [0.5, 0.6) is 0 Å². The predicted octanol–water partition coefficient (Wildman–Crippen LogP) is 2.78. The maximum atomic E-state index is 11.6. The van der Waals surface area contributed by atoms with Gasteiger partial charge in [-0.2, -0.15) is 0 Å². The van der Waals surface area contributed by atoms with Gasteiger partial charge in [-0.3, -0.25) is 0 Å². The summed E-state index contributed by atoms with van der Waals surface area (Å²) in [6.07, 6.45) is 2.09. The van der Waals surface area contributed by atoms with E-state index in [1.807, 2.05) is 6.92 Å². The molecule has 0 aliphatic carbocycles. The molecule has 18 heavy (non-hydrogen) atoms. The molecule has 1 heterocycles. The third-order valence-electron chi connectivity index (χ3n) is 2.85. The number of carbonyl (C=O) groups excluding carboxylic acids is 2. The molecule has 0 radical (unpaired) electrons. The van der Waals surface area contributed by atoms with Gasteiger partial charge in [-0.1, -0.05) is 38.2 Å². The Morgan fingerprint density at radius 1 is 1.28 bits per heavy atom. The van der Waals surface area contributed by atoms with Crippen LogP contribution in [-0.4, -0.2) is 11.9 Å². The van der Waals surface area contributed by atoms with Crippen LogP contribution < -0.4 is 0 Å². The normalized spacial score (nSPS) is 14.6. The van der Waals surface area contributed by atoms with E-state index in [1.165, 1.54) is 0 Å². The lowest BCUT2D eigenvalue weighted by Crippen LogP contribution is -1.98. The maximum absolute atomic E-state index is 11.6. The Labute approximate surface area is 106 Å². The van der Waals surface area contributed by atoms with Gasteiger partial charge >= 0.3 is 11.9 Å². The average Bonchev–Trinajstić information content (AvgIpc) is 2.64. The summed E-state index contributed by atoms with van der Waals surface area (Å²) in [6, 6.07) is 5.04. The van der Waals surface area contributed by atoms with Crippen molar-refractivity contribution in [2.45, 2.75) is 26.7 Å². The summed E-state index contributed by atoms with van der Waals surface area (Å²) in [5.41, 5.74) is 1.19. The zero-order valence-corrected chi connectivity index (χ0v) is 10.4. The van der Waals surface area contributed by atoms with Gasteiger partial charge in [-0.05, 0) is 18.6 Å². The van der Waals surface area contributed by atoms with Crippen molar-refractivity contribution in [3.63, 3.8) is 0 Å². The number of hydrogen-bond acceptors (Lipinski definition) is 3. The van der Waals surface area contributed by atoms with E-state index in [9.17, 15) is 9.59 Å². The van der Waals surface area contributed by atoms with Crippen LogP contribution in [0.4, 0.5) is 0 Å². The minimum absolute atomic E-state index is 0.277. The highest BCUT2D eigenvalue weighted by Crippen LogP contribution is 2.23. The van der Waals surface area contributed by atoms with Crippen LogP contribution in [0.15, 0.2) is 18.2 Å². The summed E-state index contributed by atoms with van der Waals surface area (Å²) in [5, 5.41) is 0. The zero-order valence-electron chi connectivity index (χ0n) is 10.4. The summed E-state index contributed by atoms with van der Waals surface area (Å²) in [6.45, 7) is 4.15. The molecule has 1 atom stereocenters. The lowest BCUT2D eigenvalue weighted by Gasteiger charge is -1.99. The van der Waals surface area contributed by atoms with Crippen molar-refractivity contribution in [1.29, 1.82) is 0 Å². The monoisotopic (exact) mass is 242 g/mol. The van der Waals surface area contributed by atoms with E-state index in [-0.39, 0.29) is 5.92 Å². The molecular formula is C15H14O3. The van der Waals surface area contributed by atoms with Crippen LogP contribution in [-0.2, 0) is 4.74 Å². The fraction of sp³-hybridized carbons (Fsp3) is 0.333. The minimum Gasteiger partial charge on any atom is -0.386 e. The molecule has 0 fully saturated rings. The van der Waals surface area contributed by atoms with Gasteiger partial charge in [-0.15, -0.1) is 0 Å². The van der Waals surface area contributed by atoms with Gasteiger partial charge < -0.3 is 4.74 Å². The van der Waals surface area contributed by atoms with Gasteiger partial charge in [0, 0.05) is 11.5 Å². The van der Waals surface area contributed by atoms with Gasteiger partial charge in [0.25, 0.3) is 0 Å². The Kier molecular flexibility index (Phi) is 3.47. The van der Waals surface area contributed by atoms with Gasteiger partial charge in [-0.25, -0.2) is 9.59 Å². The molecule has 3 heteroatoms. The fourth-order valence-electron chi connectivity index (χ4n) is 1.94. The lowest BCUT2D eigenvalue weighted by molar-refractivity contribution is 0.0443. The smallest absolute Gasteiger partial charge is 0.348 e. The Morgan fingerprint density at radius 2 is 2.06 bits per heavy atom. The molecule has 1 aromatic carbocycles. The Morgan fingerprint density at radius 3 is 2.78 bits per heavy atom. The average molecular weight is 242 g/mol. The molecule has 0 saturated heterocycles. The zero-order chi connectivity index (χ0) is 13.1. The Bertz CT molecular complexity index is 561. The molecule has 1 unspecified atom stereocenters.